The number of para-hydroxylation sites is 2. The van der Waals surface area contributed by atoms with E-state index >= 15 is 0 Å². The summed E-state index contributed by atoms with van der Waals surface area (Å²) >= 11 is 0. The Morgan fingerprint density at radius 1 is 0.289 bits per heavy atom. The molecule has 0 atom stereocenters. The highest BCUT2D eigenvalue weighted by Crippen LogP contribution is 2.57. The summed E-state index contributed by atoms with van der Waals surface area (Å²) in [5.74, 6) is 0. The molecule has 76 heavy (non-hydrogen) atoms. The second kappa shape index (κ2) is 17.6. The molecule has 3 heteroatoms. The van der Waals surface area contributed by atoms with Gasteiger partial charge < -0.3 is 13.9 Å². The minimum absolute atomic E-state index is 0.525. The summed E-state index contributed by atoms with van der Waals surface area (Å²) in [4.78, 5) is 2.42. The van der Waals surface area contributed by atoms with E-state index in [0.29, 0.717) is 0 Å². The second-order valence-electron chi connectivity index (χ2n) is 20.0. The van der Waals surface area contributed by atoms with Crippen molar-refractivity contribution >= 4 is 60.8 Å². The van der Waals surface area contributed by atoms with Gasteiger partial charge in [-0.3, -0.25) is 0 Å². The summed E-state index contributed by atoms with van der Waals surface area (Å²) in [5, 5.41) is 4.67. The SMILES string of the molecule is c1ccc(-c2ccc(N(c3ccc(-c4ccc5c(c4)c4cc(-c6ccc7oc8ccccc8c7c6)ccc4n5-c4ccccc4)cc3)c3ccc4c(c3)C(c3ccccc3)(c3ccccc3)c3ccccc3-4)cc2)cc1. The largest absolute Gasteiger partial charge is 0.456 e. The molecule has 0 unspecified atom stereocenters. The number of aromatic nitrogens is 1. The topological polar surface area (TPSA) is 21.3 Å². The summed E-state index contributed by atoms with van der Waals surface area (Å²) in [6, 6.07) is 106. The minimum atomic E-state index is -0.525. The number of nitrogens with zero attached hydrogens (tertiary/aromatic N) is 2. The van der Waals surface area contributed by atoms with Crippen molar-refractivity contribution < 1.29 is 4.42 Å². The Hall–Kier alpha value is -9.96. The zero-order chi connectivity index (χ0) is 50.2. The molecule has 0 spiro atoms. The number of hydrogen-bond acceptors (Lipinski definition) is 2. The molecule has 15 rings (SSSR count). The van der Waals surface area contributed by atoms with Crippen molar-refractivity contribution in [3.05, 3.63) is 313 Å². The second-order valence-corrected chi connectivity index (χ2v) is 20.0. The van der Waals surface area contributed by atoms with Crippen LogP contribution in [0, 0.1) is 0 Å². The van der Waals surface area contributed by atoms with Gasteiger partial charge in [0.2, 0.25) is 0 Å². The molecule has 2 aromatic heterocycles. The molecule has 0 saturated carbocycles. The fourth-order valence-corrected chi connectivity index (χ4v) is 12.4. The Balaban J connectivity index is 0.872. The molecule has 0 aliphatic heterocycles. The summed E-state index contributed by atoms with van der Waals surface area (Å²) in [5.41, 5.74) is 22.6. The molecule has 3 nitrogen and oxygen atoms in total. The third kappa shape index (κ3) is 6.90. The van der Waals surface area contributed by atoms with Crippen LogP contribution in [0.25, 0.3) is 93.9 Å². The number of rotatable bonds is 9. The Kier molecular flexibility index (Phi) is 10.1. The van der Waals surface area contributed by atoms with Gasteiger partial charge in [0, 0.05) is 44.3 Å². The first-order valence-electron chi connectivity index (χ1n) is 26.1. The van der Waals surface area contributed by atoms with Crippen LogP contribution in [-0.2, 0) is 5.41 Å². The average Bonchev–Trinajstić information content (AvgIpc) is 4.24. The summed E-state index contributed by atoms with van der Waals surface area (Å²) in [7, 11) is 0. The fraction of sp³-hybridized carbons (Fsp3) is 0.0137. The monoisotopic (exact) mass is 968 g/mol. The lowest BCUT2D eigenvalue weighted by Gasteiger charge is -2.35. The van der Waals surface area contributed by atoms with E-state index in [9.17, 15) is 0 Å². The van der Waals surface area contributed by atoms with E-state index in [1.807, 2.05) is 12.1 Å². The lowest BCUT2D eigenvalue weighted by atomic mass is 9.67. The van der Waals surface area contributed by atoms with Gasteiger partial charge in [0.15, 0.2) is 0 Å². The smallest absolute Gasteiger partial charge is 0.135 e. The highest BCUT2D eigenvalue weighted by atomic mass is 16.3. The highest BCUT2D eigenvalue weighted by molar-refractivity contribution is 6.12. The van der Waals surface area contributed by atoms with E-state index < -0.39 is 5.41 Å². The van der Waals surface area contributed by atoms with Gasteiger partial charge in [0.25, 0.3) is 0 Å². The molecular formula is C73H48N2O. The lowest BCUT2D eigenvalue weighted by molar-refractivity contribution is 0.669. The van der Waals surface area contributed by atoms with Crippen molar-refractivity contribution in [3.8, 4) is 50.2 Å². The molecule has 0 amide bonds. The number of anilines is 3. The van der Waals surface area contributed by atoms with Crippen molar-refractivity contribution in [1.82, 2.24) is 4.57 Å². The van der Waals surface area contributed by atoms with Crippen LogP contribution >= 0.6 is 0 Å². The zero-order valence-electron chi connectivity index (χ0n) is 41.5. The standard InChI is InChI=1S/C73H48N2O/c1-5-17-49(18-6-1)50-29-36-58(37-30-50)74(60-40-41-62-61-25-13-15-27-67(61)73(68(62)48-60,55-19-7-2-8-20-55)56-21-9-3-10-22-56)59-38-31-51(32-39-59)52-33-42-69-64(45-52)65-46-53(34-43-70(65)75(69)57-23-11-4-12-24-57)54-35-44-72-66(47-54)63-26-14-16-28-71(63)76-72/h1-48H. The first-order chi connectivity index (χ1) is 37.7. The Bertz CT molecular complexity index is 4440. The van der Waals surface area contributed by atoms with Gasteiger partial charge in [-0.15, -0.1) is 0 Å². The van der Waals surface area contributed by atoms with Gasteiger partial charge in [0.05, 0.1) is 16.4 Å². The van der Waals surface area contributed by atoms with Crippen LogP contribution in [0.3, 0.4) is 0 Å². The molecular weight excluding hydrogens is 921 g/mol. The van der Waals surface area contributed by atoms with Crippen molar-refractivity contribution in [2.24, 2.45) is 0 Å². The average molecular weight is 969 g/mol. The lowest BCUT2D eigenvalue weighted by Crippen LogP contribution is -2.28. The summed E-state index contributed by atoms with van der Waals surface area (Å²) < 4.78 is 8.62. The van der Waals surface area contributed by atoms with Crippen molar-refractivity contribution in [3.63, 3.8) is 0 Å². The molecule has 0 bridgehead atoms. The number of furan rings is 1. The van der Waals surface area contributed by atoms with Crippen LogP contribution in [0.4, 0.5) is 17.1 Å². The maximum atomic E-state index is 6.22. The van der Waals surface area contributed by atoms with Crippen LogP contribution < -0.4 is 4.90 Å². The van der Waals surface area contributed by atoms with Crippen LogP contribution in [0.5, 0.6) is 0 Å². The Morgan fingerprint density at radius 2 is 0.737 bits per heavy atom. The van der Waals surface area contributed by atoms with Crippen LogP contribution in [0.2, 0.25) is 0 Å². The molecule has 1 aliphatic rings. The van der Waals surface area contributed by atoms with Gasteiger partial charge in [0.1, 0.15) is 11.2 Å². The minimum Gasteiger partial charge on any atom is -0.456 e. The molecule has 14 aromatic rings. The molecule has 12 aromatic carbocycles. The zero-order valence-corrected chi connectivity index (χ0v) is 41.5. The van der Waals surface area contributed by atoms with Crippen molar-refractivity contribution in [2.45, 2.75) is 5.41 Å². The normalized spacial score (nSPS) is 12.6. The van der Waals surface area contributed by atoms with Crippen LogP contribution in [0.15, 0.2) is 296 Å². The molecule has 2 heterocycles. The third-order valence-corrected chi connectivity index (χ3v) is 15.9. The predicted molar refractivity (Wildman–Crippen MR) is 316 cm³/mol. The quantitative estimate of drug-likeness (QED) is 0.144. The van der Waals surface area contributed by atoms with Gasteiger partial charge in [-0.05, 0) is 158 Å². The first-order valence-corrected chi connectivity index (χ1v) is 26.1. The number of fused-ring (bicyclic) bond motifs is 9. The molecule has 0 fully saturated rings. The predicted octanol–water partition coefficient (Wildman–Crippen LogP) is 19.5. The molecule has 356 valence electrons. The van der Waals surface area contributed by atoms with E-state index in [2.05, 4.69) is 289 Å². The fourth-order valence-electron chi connectivity index (χ4n) is 12.4. The molecule has 0 saturated heterocycles. The number of hydrogen-bond donors (Lipinski definition) is 0. The molecule has 0 radical (unpaired) electrons. The van der Waals surface area contributed by atoms with E-state index in [-0.39, 0.29) is 0 Å². The van der Waals surface area contributed by atoms with Gasteiger partial charge in [-0.1, -0.05) is 200 Å². The number of benzene rings is 12. The first kappa shape index (κ1) is 43.6. The maximum absolute atomic E-state index is 6.22. The van der Waals surface area contributed by atoms with E-state index in [4.69, 9.17) is 4.42 Å². The van der Waals surface area contributed by atoms with E-state index in [1.165, 1.54) is 71.9 Å². The van der Waals surface area contributed by atoms with Crippen molar-refractivity contribution in [1.29, 1.82) is 0 Å². The van der Waals surface area contributed by atoms with E-state index in [0.717, 1.165) is 61.4 Å². The van der Waals surface area contributed by atoms with Gasteiger partial charge >= 0.3 is 0 Å². The van der Waals surface area contributed by atoms with Gasteiger partial charge in [-0.25, -0.2) is 0 Å². The van der Waals surface area contributed by atoms with Crippen LogP contribution in [-0.4, -0.2) is 4.57 Å². The van der Waals surface area contributed by atoms with Gasteiger partial charge in [-0.2, -0.15) is 0 Å². The Labute approximate surface area is 441 Å². The molecule has 0 N–H and O–H groups in total. The molecule has 1 aliphatic carbocycles. The highest BCUT2D eigenvalue weighted by Gasteiger charge is 2.46. The van der Waals surface area contributed by atoms with Crippen molar-refractivity contribution in [2.75, 3.05) is 4.90 Å². The Morgan fingerprint density at radius 3 is 1.38 bits per heavy atom. The van der Waals surface area contributed by atoms with E-state index in [1.54, 1.807) is 0 Å². The van der Waals surface area contributed by atoms with Crippen LogP contribution in [0.1, 0.15) is 22.3 Å². The summed E-state index contributed by atoms with van der Waals surface area (Å²) in [6.07, 6.45) is 0. The third-order valence-electron chi connectivity index (χ3n) is 15.9. The maximum Gasteiger partial charge on any atom is 0.135 e. The summed E-state index contributed by atoms with van der Waals surface area (Å²) in [6.45, 7) is 0.